The summed E-state index contributed by atoms with van der Waals surface area (Å²) in [6.45, 7) is 5.44. The third-order valence-corrected chi connectivity index (χ3v) is 4.47. The second-order valence-corrected chi connectivity index (χ2v) is 7.17. The van der Waals surface area contributed by atoms with Crippen molar-refractivity contribution in [3.63, 3.8) is 0 Å². The Bertz CT molecular complexity index is 992. The van der Waals surface area contributed by atoms with Crippen LogP contribution in [0.1, 0.15) is 25.7 Å². The number of ether oxygens (including phenoxy) is 3. The maximum atomic E-state index is 12.3. The highest BCUT2D eigenvalue weighted by Gasteiger charge is 2.29. The number of hydrogen-bond acceptors (Lipinski definition) is 5. The largest absolute Gasteiger partial charge is 0.497 e. The molecule has 1 saturated heterocycles. The minimum absolute atomic E-state index is 0.00910. The van der Waals surface area contributed by atoms with Crippen molar-refractivity contribution < 1.29 is 18.6 Å². The number of methoxy groups -OCH3 is 1. The van der Waals surface area contributed by atoms with Gasteiger partial charge in [0.15, 0.2) is 6.29 Å². The predicted molar refractivity (Wildman–Crippen MR) is 95.0 cm³/mol. The van der Waals surface area contributed by atoms with Crippen LogP contribution in [0.4, 0.5) is 0 Å². The van der Waals surface area contributed by atoms with E-state index in [1.807, 2.05) is 30.3 Å². The van der Waals surface area contributed by atoms with Crippen molar-refractivity contribution in [2.75, 3.05) is 20.3 Å². The third-order valence-electron chi connectivity index (χ3n) is 4.47. The van der Waals surface area contributed by atoms with Crippen LogP contribution in [0.5, 0.6) is 5.75 Å². The molecule has 0 unspecified atom stereocenters. The van der Waals surface area contributed by atoms with Crippen LogP contribution >= 0.6 is 0 Å². The molecule has 0 atom stereocenters. The molecule has 0 saturated carbocycles. The Balaban J connectivity index is 1.79. The summed E-state index contributed by atoms with van der Waals surface area (Å²) in [7, 11) is 1.57. The predicted octanol–water partition coefficient (Wildman–Crippen LogP) is 4.03. The summed E-state index contributed by atoms with van der Waals surface area (Å²) in [5.41, 5.74) is 0.996. The molecule has 130 valence electrons. The molecular weight excluding hydrogens is 320 g/mol. The minimum Gasteiger partial charge on any atom is -0.497 e. The van der Waals surface area contributed by atoms with Crippen molar-refractivity contribution in [3.05, 3.63) is 52.4 Å². The Morgan fingerprint density at radius 1 is 1.00 bits per heavy atom. The molecule has 0 aliphatic carbocycles. The molecule has 3 aromatic rings. The molecule has 0 spiro atoms. The van der Waals surface area contributed by atoms with Gasteiger partial charge in [0, 0.05) is 21.8 Å². The van der Waals surface area contributed by atoms with Crippen molar-refractivity contribution in [3.8, 4) is 5.75 Å². The summed E-state index contributed by atoms with van der Waals surface area (Å²) in [4.78, 5) is 12.3. The van der Waals surface area contributed by atoms with Crippen molar-refractivity contribution in [1.29, 1.82) is 0 Å². The summed E-state index contributed by atoms with van der Waals surface area (Å²) >= 11 is 0. The molecule has 5 nitrogen and oxygen atoms in total. The van der Waals surface area contributed by atoms with Crippen molar-refractivity contribution in [1.82, 2.24) is 0 Å². The second kappa shape index (κ2) is 5.86. The topological polar surface area (TPSA) is 57.9 Å². The molecule has 1 aliphatic heterocycles. The molecule has 25 heavy (non-hydrogen) atoms. The van der Waals surface area contributed by atoms with Crippen molar-refractivity contribution in [2.45, 2.75) is 20.1 Å². The zero-order valence-electron chi connectivity index (χ0n) is 14.5. The van der Waals surface area contributed by atoms with Gasteiger partial charge in [-0.3, -0.25) is 0 Å². The van der Waals surface area contributed by atoms with Crippen LogP contribution in [-0.2, 0) is 9.47 Å². The van der Waals surface area contributed by atoms with Gasteiger partial charge in [-0.05, 0) is 24.3 Å². The van der Waals surface area contributed by atoms with Gasteiger partial charge in [0.05, 0.1) is 25.7 Å². The highest BCUT2D eigenvalue weighted by molar-refractivity contribution is 6.04. The fraction of sp³-hybridized carbons (Fsp3) is 0.350. The van der Waals surface area contributed by atoms with Crippen LogP contribution in [-0.4, -0.2) is 20.3 Å². The summed E-state index contributed by atoms with van der Waals surface area (Å²) < 4.78 is 22.4. The van der Waals surface area contributed by atoms with E-state index in [2.05, 4.69) is 13.8 Å². The SMILES string of the molecule is COc1ccc2c(c1)c(=O)oc1cc(C3OCC(C)(C)CO3)ccc12. The number of rotatable bonds is 2. The molecule has 0 radical (unpaired) electrons. The first-order valence-corrected chi connectivity index (χ1v) is 8.25. The molecule has 0 N–H and O–H groups in total. The maximum absolute atomic E-state index is 12.3. The lowest BCUT2D eigenvalue weighted by Crippen LogP contribution is -2.33. The van der Waals surface area contributed by atoms with E-state index in [1.54, 1.807) is 13.2 Å². The van der Waals surface area contributed by atoms with Gasteiger partial charge in [0.1, 0.15) is 11.3 Å². The van der Waals surface area contributed by atoms with Gasteiger partial charge in [0.25, 0.3) is 0 Å². The summed E-state index contributed by atoms with van der Waals surface area (Å²) in [6, 6.07) is 11.1. The zero-order valence-corrected chi connectivity index (χ0v) is 14.5. The van der Waals surface area contributed by atoms with Gasteiger partial charge in [-0.15, -0.1) is 0 Å². The third kappa shape index (κ3) is 2.90. The maximum Gasteiger partial charge on any atom is 0.344 e. The van der Waals surface area contributed by atoms with Gasteiger partial charge in [-0.2, -0.15) is 0 Å². The molecule has 0 bridgehead atoms. The standard InChI is InChI=1S/C20H20O5/c1-20(2)10-23-19(24-11-20)12-4-6-15-14-7-5-13(22-3)9-16(14)18(21)25-17(15)8-12/h4-9,19H,10-11H2,1-3H3. The zero-order chi connectivity index (χ0) is 17.6. The Morgan fingerprint density at radius 2 is 1.72 bits per heavy atom. The molecule has 4 rings (SSSR count). The van der Waals surface area contributed by atoms with E-state index < -0.39 is 6.29 Å². The van der Waals surface area contributed by atoms with Crippen LogP contribution in [0.25, 0.3) is 21.7 Å². The molecule has 1 aromatic heterocycles. The first-order chi connectivity index (χ1) is 12.0. The Kier molecular flexibility index (Phi) is 3.78. The quantitative estimate of drug-likeness (QED) is 0.521. The number of benzene rings is 2. The van der Waals surface area contributed by atoms with Gasteiger partial charge < -0.3 is 18.6 Å². The Hall–Kier alpha value is -2.37. The van der Waals surface area contributed by atoms with E-state index in [0.29, 0.717) is 29.9 Å². The van der Waals surface area contributed by atoms with Gasteiger partial charge >= 0.3 is 5.63 Å². The van der Waals surface area contributed by atoms with Crippen LogP contribution in [0.2, 0.25) is 0 Å². The van der Waals surface area contributed by atoms with E-state index in [0.717, 1.165) is 16.3 Å². The number of hydrogen-bond donors (Lipinski definition) is 0. The van der Waals surface area contributed by atoms with Crippen LogP contribution < -0.4 is 10.4 Å². The second-order valence-electron chi connectivity index (χ2n) is 7.17. The number of fused-ring (bicyclic) bond motifs is 3. The van der Waals surface area contributed by atoms with Crippen LogP contribution in [0, 0.1) is 5.41 Å². The van der Waals surface area contributed by atoms with E-state index in [4.69, 9.17) is 18.6 Å². The van der Waals surface area contributed by atoms with Gasteiger partial charge in [0.2, 0.25) is 0 Å². The first kappa shape index (κ1) is 16.1. The van der Waals surface area contributed by atoms with Crippen molar-refractivity contribution in [2.24, 2.45) is 5.41 Å². The lowest BCUT2D eigenvalue weighted by Gasteiger charge is -2.34. The highest BCUT2D eigenvalue weighted by Crippen LogP contribution is 2.33. The van der Waals surface area contributed by atoms with Gasteiger partial charge in [-0.25, -0.2) is 4.79 Å². The molecular formula is C20H20O5. The lowest BCUT2D eigenvalue weighted by atomic mass is 9.95. The summed E-state index contributed by atoms with van der Waals surface area (Å²) in [5.74, 6) is 0.627. The van der Waals surface area contributed by atoms with Crippen LogP contribution in [0.15, 0.2) is 45.6 Å². The average Bonchev–Trinajstić information content (AvgIpc) is 2.61. The van der Waals surface area contributed by atoms with Crippen molar-refractivity contribution >= 4 is 21.7 Å². The Morgan fingerprint density at radius 3 is 2.44 bits per heavy atom. The monoisotopic (exact) mass is 340 g/mol. The van der Waals surface area contributed by atoms with Gasteiger partial charge in [-0.1, -0.05) is 26.0 Å². The molecule has 1 fully saturated rings. The lowest BCUT2D eigenvalue weighted by molar-refractivity contribution is -0.226. The summed E-state index contributed by atoms with van der Waals surface area (Å²) in [5, 5.41) is 2.22. The average molecular weight is 340 g/mol. The molecule has 2 heterocycles. The van der Waals surface area contributed by atoms with E-state index >= 15 is 0 Å². The summed E-state index contributed by atoms with van der Waals surface area (Å²) in [6.07, 6.45) is -0.436. The molecule has 0 amide bonds. The fourth-order valence-corrected chi connectivity index (χ4v) is 3.09. The van der Waals surface area contributed by atoms with E-state index in [-0.39, 0.29) is 11.0 Å². The van der Waals surface area contributed by atoms with Crippen LogP contribution in [0.3, 0.4) is 0 Å². The first-order valence-electron chi connectivity index (χ1n) is 8.25. The fourth-order valence-electron chi connectivity index (χ4n) is 3.09. The molecule has 1 aliphatic rings. The minimum atomic E-state index is -0.436. The van der Waals surface area contributed by atoms with E-state index in [9.17, 15) is 4.79 Å². The normalized spacial score (nSPS) is 17.9. The van der Waals surface area contributed by atoms with E-state index in [1.165, 1.54) is 0 Å². The highest BCUT2D eigenvalue weighted by atomic mass is 16.7. The smallest absolute Gasteiger partial charge is 0.344 e. The molecule has 5 heteroatoms. The Labute approximate surface area is 145 Å². The molecule has 2 aromatic carbocycles.